The summed E-state index contributed by atoms with van der Waals surface area (Å²) in [6.07, 6.45) is 0. The predicted octanol–water partition coefficient (Wildman–Crippen LogP) is 1.93. The minimum Gasteiger partial charge on any atom is -0.340 e. The highest BCUT2D eigenvalue weighted by Crippen LogP contribution is 2.28. The largest absolute Gasteiger partial charge is 0.340 e. The van der Waals surface area contributed by atoms with Gasteiger partial charge in [0.1, 0.15) is 11.6 Å². The average Bonchev–Trinajstić information content (AvgIpc) is 2.31. The fourth-order valence-corrected chi connectivity index (χ4v) is 2.36. The van der Waals surface area contributed by atoms with Crippen molar-refractivity contribution in [1.29, 1.82) is 0 Å². The molecule has 1 fully saturated rings. The summed E-state index contributed by atoms with van der Waals surface area (Å²) < 4.78 is 0. The van der Waals surface area contributed by atoms with E-state index >= 15 is 0 Å². The summed E-state index contributed by atoms with van der Waals surface area (Å²) >= 11 is 0. The van der Waals surface area contributed by atoms with E-state index < -0.39 is 11.6 Å². The van der Waals surface area contributed by atoms with Crippen LogP contribution in [0.25, 0.3) is 0 Å². The van der Waals surface area contributed by atoms with Crippen LogP contribution < -0.4 is 10.2 Å². The third-order valence-electron chi connectivity index (χ3n) is 3.58. The van der Waals surface area contributed by atoms with Crippen molar-refractivity contribution in [3.05, 3.63) is 29.3 Å². The first-order valence-electron chi connectivity index (χ1n) is 6.47. The van der Waals surface area contributed by atoms with Crippen LogP contribution in [0.2, 0.25) is 0 Å². The Morgan fingerprint density at radius 1 is 1.21 bits per heavy atom. The average molecular weight is 260 g/mol. The molecule has 2 rings (SSSR count). The van der Waals surface area contributed by atoms with Gasteiger partial charge in [-0.15, -0.1) is 0 Å². The molecule has 0 aliphatic carbocycles. The number of hydrogen-bond acceptors (Lipinski definition) is 2. The normalized spacial score (nSPS) is 22.4. The second-order valence-corrected chi connectivity index (χ2v) is 5.76. The van der Waals surface area contributed by atoms with Gasteiger partial charge in [-0.05, 0) is 51.8 Å². The molecule has 1 aliphatic rings. The first-order valence-corrected chi connectivity index (χ1v) is 6.47. The molecule has 4 heteroatoms. The second kappa shape index (κ2) is 4.37. The lowest BCUT2D eigenvalue weighted by Gasteiger charge is -2.42. The SMILES string of the molecule is Cc1ccc(C)c(N2C(=O)C(C)(C)NC(=O)C2C)c1. The molecule has 1 aromatic rings. The standard InChI is InChI=1S/C15H20N2O2/c1-9-6-7-10(2)12(8-9)17-11(3)13(18)16-15(4,5)14(17)19/h6-8,11H,1-5H3,(H,16,18). The molecule has 1 atom stereocenters. The Labute approximate surface area is 113 Å². The van der Waals surface area contributed by atoms with Crippen LogP contribution in [0.4, 0.5) is 5.69 Å². The van der Waals surface area contributed by atoms with Gasteiger partial charge in [-0.1, -0.05) is 12.1 Å². The van der Waals surface area contributed by atoms with Crippen LogP contribution in [0, 0.1) is 13.8 Å². The molecule has 0 saturated carbocycles. The second-order valence-electron chi connectivity index (χ2n) is 5.76. The highest BCUT2D eigenvalue weighted by molar-refractivity contribution is 6.10. The van der Waals surface area contributed by atoms with Gasteiger partial charge in [0.2, 0.25) is 5.91 Å². The quantitative estimate of drug-likeness (QED) is 0.839. The smallest absolute Gasteiger partial charge is 0.252 e. The van der Waals surface area contributed by atoms with Gasteiger partial charge in [0, 0.05) is 5.69 Å². The lowest BCUT2D eigenvalue weighted by atomic mass is 9.95. The number of nitrogens with zero attached hydrogens (tertiary/aromatic N) is 1. The number of piperazine rings is 1. The Balaban J connectivity index is 2.54. The zero-order chi connectivity index (χ0) is 14.4. The van der Waals surface area contributed by atoms with Crippen molar-refractivity contribution in [3.8, 4) is 0 Å². The molecule has 4 nitrogen and oxygen atoms in total. The molecule has 0 radical (unpaired) electrons. The Hall–Kier alpha value is -1.84. The number of aryl methyl sites for hydroxylation is 2. The summed E-state index contributed by atoms with van der Waals surface area (Å²) in [5.41, 5.74) is 2.03. The number of carbonyl (C=O) groups excluding carboxylic acids is 2. The molecule has 2 amide bonds. The molecule has 1 N–H and O–H groups in total. The van der Waals surface area contributed by atoms with E-state index in [9.17, 15) is 9.59 Å². The summed E-state index contributed by atoms with van der Waals surface area (Å²) in [4.78, 5) is 26.2. The van der Waals surface area contributed by atoms with Gasteiger partial charge in [0.05, 0.1) is 0 Å². The lowest BCUT2D eigenvalue weighted by molar-refractivity contribution is -0.136. The summed E-state index contributed by atoms with van der Waals surface area (Å²) in [5, 5.41) is 2.76. The monoisotopic (exact) mass is 260 g/mol. The van der Waals surface area contributed by atoms with Crippen LogP contribution in [-0.2, 0) is 9.59 Å². The van der Waals surface area contributed by atoms with Crippen LogP contribution >= 0.6 is 0 Å². The minimum absolute atomic E-state index is 0.0756. The maximum absolute atomic E-state index is 12.6. The molecule has 0 bridgehead atoms. The van der Waals surface area contributed by atoms with E-state index in [1.165, 1.54) is 0 Å². The van der Waals surface area contributed by atoms with Crippen LogP contribution in [0.3, 0.4) is 0 Å². The molecule has 1 heterocycles. The van der Waals surface area contributed by atoms with Crippen molar-refractivity contribution in [3.63, 3.8) is 0 Å². The van der Waals surface area contributed by atoms with Crippen molar-refractivity contribution in [2.45, 2.75) is 46.2 Å². The predicted molar refractivity (Wildman–Crippen MR) is 75.1 cm³/mol. The van der Waals surface area contributed by atoms with E-state index in [4.69, 9.17) is 0 Å². The number of benzene rings is 1. The molecular formula is C15H20N2O2. The van der Waals surface area contributed by atoms with Crippen LogP contribution in [-0.4, -0.2) is 23.4 Å². The van der Waals surface area contributed by atoms with E-state index in [0.717, 1.165) is 16.8 Å². The number of anilines is 1. The summed E-state index contributed by atoms with van der Waals surface area (Å²) in [6, 6.07) is 5.45. The van der Waals surface area contributed by atoms with Crippen molar-refractivity contribution < 1.29 is 9.59 Å². The van der Waals surface area contributed by atoms with Crippen LogP contribution in [0.5, 0.6) is 0 Å². The minimum atomic E-state index is -0.861. The van der Waals surface area contributed by atoms with E-state index in [0.29, 0.717) is 0 Å². The lowest BCUT2D eigenvalue weighted by Crippen LogP contribution is -2.67. The van der Waals surface area contributed by atoms with Gasteiger partial charge in [-0.2, -0.15) is 0 Å². The number of nitrogens with one attached hydrogen (secondary N) is 1. The fraction of sp³-hybridized carbons (Fsp3) is 0.467. The summed E-state index contributed by atoms with van der Waals surface area (Å²) in [5.74, 6) is -0.196. The van der Waals surface area contributed by atoms with Gasteiger partial charge in [-0.25, -0.2) is 0 Å². The zero-order valence-electron chi connectivity index (χ0n) is 12.1. The first kappa shape index (κ1) is 13.6. The van der Waals surface area contributed by atoms with Gasteiger partial charge >= 0.3 is 0 Å². The van der Waals surface area contributed by atoms with E-state index in [2.05, 4.69) is 5.32 Å². The number of amides is 2. The fourth-order valence-electron chi connectivity index (χ4n) is 2.36. The molecule has 0 aromatic heterocycles. The highest BCUT2D eigenvalue weighted by atomic mass is 16.2. The molecule has 1 aromatic carbocycles. The summed E-state index contributed by atoms with van der Waals surface area (Å²) in [6.45, 7) is 9.15. The molecule has 102 valence electrons. The zero-order valence-corrected chi connectivity index (χ0v) is 12.1. The topological polar surface area (TPSA) is 49.4 Å². The van der Waals surface area contributed by atoms with Crippen LogP contribution in [0.1, 0.15) is 31.9 Å². The Morgan fingerprint density at radius 2 is 1.84 bits per heavy atom. The number of carbonyl (C=O) groups is 2. The Bertz CT molecular complexity index is 549. The maximum Gasteiger partial charge on any atom is 0.252 e. The maximum atomic E-state index is 12.6. The molecule has 1 aliphatic heterocycles. The van der Waals surface area contributed by atoms with E-state index in [1.54, 1.807) is 25.7 Å². The van der Waals surface area contributed by atoms with Crippen molar-refractivity contribution in [2.24, 2.45) is 0 Å². The summed E-state index contributed by atoms with van der Waals surface area (Å²) in [7, 11) is 0. The molecule has 0 spiro atoms. The van der Waals surface area contributed by atoms with E-state index in [-0.39, 0.29) is 11.8 Å². The van der Waals surface area contributed by atoms with Gasteiger partial charge < -0.3 is 5.32 Å². The third-order valence-corrected chi connectivity index (χ3v) is 3.58. The van der Waals surface area contributed by atoms with Crippen molar-refractivity contribution >= 4 is 17.5 Å². The Kier molecular flexibility index (Phi) is 3.12. The van der Waals surface area contributed by atoms with Crippen molar-refractivity contribution in [2.75, 3.05) is 4.90 Å². The van der Waals surface area contributed by atoms with Gasteiger partial charge in [0.15, 0.2) is 0 Å². The van der Waals surface area contributed by atoms with Crippen molar-refractivity contribution in [1.82, 2.24) is 5.32 Å². The van der Waals surface area contributed by atoms with E-state index in [1.807, 2.05) is 32.0 Å². The third kappa shape index (κ3) is 2.23. The van der Waals surface area contributed by atoms with Crippen LogP contribution in [0.15, 0.2) is 18.2 Å². The van der Waals surface area contributed by atoms with Gasteiger partial charge in [-0.3, -0.25) is 14.5 Å². The molecule has 1 unspecified atom stereocenters. The first-order chi connectivity index (χ1) is 8.74. The number of hydrogen-bond donors (Lipinski definition) is 1. The Morgan fingerprint density at radius 3 is 2.47 bits per heavy atom. The molecular weight excluding hydrogens is 240 g/mol. The number of rotatable bonds is 1. The van der Waals surface area contributed by atoms with Gasteiger partial charge in [0.25, 0.3) is 5.91 Å². The molecule has 19 heavy (non-hydrogen) atoms. The highest BCUT2D eigenvalue weighted by Gasteiger charge is 2.44. The molecule has 1 saturated heterocycles.